The first-order chi connectivity index (χ1) is 24.8. The molecule has 2 heterocycles. The topological polar surface area (TPSA) is 38.7 Å². The molecule has 0 N–H and O–H groups in total. The summed E-state index contributed by atoms with van der Waals surface area (Å²) in [5.74, 6) is 0.697. The molecule has 50 heavy (non-hydrogen) atoms. The summed E-state index contributed by atoms with van der Waals surface area (Å²) in [5, 5.41) is 4.85. The van der Waals surface area contributed by atoms with Crippen molar-refractivity contribution < 1.29 is 0 Å². The fraction of sp³-hybridized carbons (Fsp3) is 0. The number of nitrogens with zero attached hydrogens (tertiary/aromatic N) is 3. The molecule has 234 valence electrons. The van der Waals surface area contributed by atoms with E-state index in [1.54, 1.807) is 6.20 Å². The third kappa shape index (κ3) is 5.61. The van der Waals surface area contributed by atoms with E-state index < -0.39 is 0 Å². The lowest BCUT2D eigenvalue weighted by molar-refractivity contribution is 1.18. The molecule has 7 aromatic carbocycles. The third-order valence-corrected chi connectivity index (χ3v) is 9.41. The lowest BCUT2D eigenvalue weighted by Gasteiger charge is -2.13. The van der Waals surface area contributed by atoms with Gasteiger partial charge in [-0.25, -0.2) is 9.97 Å². The Hall–Kier alpha value is -6.71. The molecule has 0 aliphatic rings. The number of hydrogen-bond acceptors (Lipinski definition) is 3. The summed E-state index contributed by atoms with van der Waals surface area (Å²) in [5.41, 5.74) is 11.7. The zero-order valence-corrected chi connectivity index (χ0v) is 27.2. The maximum atomic E-state index is 5.25. The Kier molecular flexibility index (Phi) is 7.49. The van der Waals surface area contributed by atoms with E-state index in [4.69, 9.17) is 9.97 Å². The predicted octanol–water partition coefficient (Wildman–Crippen LogP) is 12.2. The normalized spacial score (nSPS) is 11.2. The van der Waals surface area contributed by atoms with Gasteiger partial charge in [0.15, 0.2) is 5.82 Å². The van der Waals surface area contributed by atoms with E-state index in [1.165, 1.54) is 21.5 Å². The molecule has 0 radical (unpaired) electrons. The van der Waals surface area contributed by atoms with E-state index >= 15 is 0 Å². The number of aromatic nitrogens is 3. The first-order valence-electron chi connectivity index (χ1n) is 16.8. The van der Waals surface area contributed by atoms with E-state index in [9.17, 15) is 0 Å². The molecule has 0 bridgehead atoms. The van der Waals surface area contributed by atoms with E-state index in [0.717, 1.165) is 61.5 Å². The van der Waals surface area contributed by atoms with Crippen LogP contribution in [0.1, 0.15) is 0 Å². The first kappa shape index (κ1) is 29.4. The van der Waals surface area contributed by atoms with Gasteiger partial charge in [0.2, 0.25) is 0 Å². The van der Waals surface area contributed by atoms with Crippen LogP contribution in [0.5, 0.6) is 0 Å². The lowest BCUT2D eigenvalue weighted by Crippen LogP contribution is -1.97. The summed E-state index contributed by atoms with van der Waals surface area (Å²) in [7, 11) is 0. The third-order valence-electron chi connectivity index (χ3n) is 9.41. The standard InChI is InChI=1S/C47H31N3/c1-2-9-32(10-3-1)38-12-6-13-39(29-38)47-49-45(30-46(50-47)44-17-7-16-42-41-15-5-4-11-36(41)26-27-43(42)44)37-24-22-34(23-25-37)33-18-20-35(21-19-33)40-14-8-28-48-31-40/h1-31H. The number of pyridine rings is 1. The highest BCUT2D eigenvalue weighted by Crippen LogP contribution is 2.36. The van der Waals surface area contributed by atoms with Crippen LogP contribution in [0, 0.1) is 0 Å². The fourth-order valence-corrected chi connectivity index (χ4v) is 6.82. The highest BCUT2D eigenvalue weighted by molar-refractivity contribution is 6.11. The number of benzene rings is 7. The predicted molar refractivity (Wildman–Crippen MR) is 207 cm³/mol. The van der Waals surface area contributed by atoms with Crippen molar-refractivity contribution in [2.45, 2.75) is 0 Å². The minimum Gasteiger partial charge on any atom is -0.264 e. The largest absolute Gasteiger partial charge is 0.264 e. The van der Waals surface area contributed by atoms with Crippen LogP contribution in [0.3, 0.4) is 0 Å². The summed E-state index contributed by atoms with van der Waals surface area (Å²) in [6.07, 6.45) is 3.70. The van der Waals surface area contributed by atoms with Crippen LogP contribution in [-0.4, -0.2) is 15.0 Å². The van der Waals surface area contributed by atoms with Gasteiger partial charge in [-0.3, -0.25) is 4.98 Å². The summed E-state index contributed by atoms with van der Waals surface area (Å²) >= 11 is 0. The quantitative estimate of drug-likeness (QED) is 0.170. The van der Waals surface area contributed by atoms with Gasteiger partial charge >= 0.3 is 0 Å². The van der Waals surface area contributed by atoms with Crippen LogP contribution < -0.4 is 0 Å². The van der Waals surface area contributed by atoms with Gasteiger partial charge in [-0.05, 0) is 73.1 Å². The second kappa shape index (κ2) is 12.7. The van der Waals surface area contributed by atoms with Crippen molar-refractivity contribution in [1.29, 1.82) is 0 Å². The molecule has 0 saturated carbocycles. The highest BCUT2D eigenvalue weighted by Gasteiger charge is 2.15. The van der Waals surface area contributed by atoms with Crippen LogP contribution in [0.25, 0.3) is 88.8 Å². The monoisotopic (exact) mass is 637 g/mol. The maximum Gasteiger partial charge on any atom is 0.160 e. The Labute approximate surface area is 291 Å². The van der Waals surface area contributed by atoms with Crippen LogP contribution in [0.15, 0.2) is 188 Å². The van der Waals surface area contributed by atoms with Gasteiger partial charge in [0.1, 0.15) is 0 Å². The smallest absolute Gasteiger partial charge is 0.160 e. The molecule has 0 saturated heterocycles. The molecule has 0 atom stereocenters. The fourth-order valence-electron chi connectivity index (χ4n) is 6.82. The van der Waals surface area contributed by atoms with E-state index in [2.05, 4.69) is 169 Å². The second-order valence-electron chi connectivity index (χ2n) is 12.5. The van der Waals surface area contributed by atoms with Crippen LogP contribution in [-0.2, 0) is 0 Å². The summed E-state index contributed by atoms with van der Waals surface area (Å²) < 4.78 is 0. The van der Waals surface area contributed by atoms with Crippen molar-refractivity contribution in [3.05, 3.63) is 188 Å². The molecular formula is C47H31N3. The first-order valence-corrected chi connectivity index (χ1v) is 16.8. The van der Waals surface area contributed by atoms with Crippen molar-refractivity contribution in [1.82, 2.24) is 15.0 Å². The Morgan fingerprint density at radius 1 is 0.320 bits per heavy atom. The molecule has 9 rings (SSSR count). The zero-order chi connectivity index (χ0) is 33.3. The van der Waals surface area contributed by atoms with Gasteiger partial charge in [-0.2, -0.15) is 0 Å². The van der Waals surface area contributed by atoms with E-state index in [-0.39, 0.29) is 0 Å². The van der Waals surface area contributed by atoms with Crippen molar-refractivity contribution in [3.63, 3.8) is 0 Å². The molecule has 0 unspecified atom stereocenters. The zero-order valence-electron chi connectivity index (χ0n) is 27.2. The molecule has 9 aromatic rings. The minimum atomic E-state index is 0.697. The van der Waals surface area contributed by atoms with E-state index in [1.807, 2.05) is 18.3 Å². The Morgan fingerprint density at radius 2 is 0.920 bits per heavy atom. The van der Waals surface area contributed by atoms with Gasteiger partial charge < -0.3 is 0 Å². The van der Waals surface area contributed by atoms with Crippen molar-refractivity contribution in [2.24, 2.45) is 0 Å². The summed E-state index contributed by atoms with van der Waals surface area (Å²) in [4.78, 5) is 14.7. The number of hydrogen-bond donors (Lipinski definition) is 0. The van der Waals surface area contributed by atoms with Crippen molar-refractivity contribution in [2.75, 3.05) is 0 Å². The minimum absolute atomic E-state index is 0.697. The SMILES string of the molecule is c1ccc(-c2cccc(-c3nc(-c4ccc(-c5ccc(-c6cccnc6)cc5)cc4)cc(-c4cccc5c4ccc4ccccc45)n3)c2)cc1. The van der Waals surface area contributed by atoms with Gasteiger partial charge in [0.05, 0.1) is 11.4 Å². The summed E-state index contributed by atoms with van der Waals surface area (Å²) in [6, 6.07) is 62.0. The molecular weight excluding hydrogens is 607 g/mol. The molecule has 3 heteroatoms. The van der Waals surface area contributed by atoms with Crippen molar-refractivity contribution in [3.8, 4) is 67.3 Å². The second-order valence-corrected chi connectivity index (χ2v) is 12.5. The van der Waals surface area contributed by atoms with Crippen LogP contribution in [0.2, 0.25) is 0 Å². The Bertz CT molecular complexity index is 2610. The average molecular weight is 638 g/mol. The number of fused-ring (bicyclic) bond motifs is 3. The van der Waals surface area contributed by atoms with Crippen molar-refractivity contribution >= 4 is 21.5 Å². The Morgan fingerprint density at radius 3 is 1.70 bits per heavy atom. The lowest BCUT2D eigenvalue weighted by atomic mass is 9.96. The molecule has 0 amide bonds. The Balaban J connectivity index is 1.15. The van der Waals surface area contributed by atoms with Gasteiger partial charge in [0.25, 0.3) is 0 Å². The average Bonchev–Trinajstić information content (AvgIpc) is 3.21. The molecule has 0 spiro atoms. The van der Waals surface area contributed by atoms with Gasteiger partial charge in [-0.1, -0.05) is 158 Å². The molecule has 2 aromatic heterocycles. The highest BCUT2D eigenvalue weighted by atomic mass is 14.9. The molecule has 0 aliphatic heterocycles. The van der Waals surface area contributed by atoms with Gasteiger partial charge in [-0.15, -0.1) is 0 Å². The van der Waals surface area contributed by atoms with Gasteiger partial charge in [0, 0.05) is 29.1 Å². The molecule has 0 aliphatic carbocycles. The van der Waals surface area contributed by atoms with Crippen LogP contribution >= 0.6 is 0 Å². The van der Waals surface area contributed by atoms with Crippen LogP contribution in [0.4, 0.5) is 0 Å². The maximum absolute atomic E-state index is 5.25. The van der Waals surface area contributed by atoms with E-state index in [0.29, 0.717) is 5.82 Å². The number of rotatable bonds is 6. The molecule has 3 nitrogen and oxygen atoms in total. The summed E-state index contributed by atoms with van der Waals surface area (Å²) in [6.45, 7) is 0. The molecule has 0 fully saturated rings.